The lowest BCUT2D eigenvalue weighted by Crippen LogP contribution is -2.17. The summed E-state index contributed by atoms with van der Waals surface area (Å²) in [5.74, 6) is 0.0829. The summed E-state index contributed by atoms with van der Waals surface area (Å²) in [7, 11) is 1.66. The van der Waals surface area contributed by atoms with Gasteiger partial charge < -0.3 is 9.88 Å². The summed E-state index contributed by atoms with van der Waals surface area (Å²) >= 11 is 6.10. The smallest absolute Gasteiger partial charge is 0.219 e. The van der Waals surface area contributed by atoms with E-state index in [2.05, 4.69) is 9.88 Å². The quantitative estimate of drug-likeness (QED) is 0.890. The minimum Gasteiger partial charge on any atom is -0.359 e. The van der Waals surface area contributed by atoms with Gasteiger partial charge >= 0.3 is 0 Å². The number of hydrogen-bond donors (Lipinski definition) is 1. The molecule has 2 rings (SSSR count). The molecule has 90 valence electrons. The van der Waals surface area contributed by atoms with Gasteiger partial charge in [-0.2, -0.15) is 0 Å². The molecule has 2 aromatic rings. The monoisotopic (exact) mass is 250 g/mol. The molecule has 0 saturated carbocycles. The molecule has 0 fully saturated rings. The lowest BCUT2D eigenvalue weighted by molar-refractivity contribution is -0.120. The third-order valence-corrected chi connectivity index (χ3v) is 3.17. The van der Waals surface area contributed by atoms with Crippen LogP contribution in [0.5, 0.6) is 0 Å². The number of carbonyl (C=O) groups excluding carboxylic acids is 1. The highest BCUT2D eigenvalue weighted by Gasteiger charge is 2.04. The van der Waals surface area contributed by atoms with Crippen molar-refractivity contribution in [2.75, 3.05) is 7.05 Å². The highest BCUT2D eigenvalue weighted by molar-refractivity contribution is 6.35. The van der Waals surface area contributed by atoms with Gasteiger partial charge in [0.15, 0.2) is 0 Å². The molecule has 3 nitrogen and oxygen atoms in total. The van der Waals surface area contributed by atoms with Crippen molar-refractivity contribution < 1.29 is 4.79 Å². The van der Waals surface area contributed by atoms with Crippen LogP contribution in [0.25, 0.3) is 10.9 Å². The van der Waals surface area contributed by atoms with Crippen LogP contribution in [0.2, 0.25) is 5.02 Å². The summed E-state index contributed by atoms with van der Waals surface area (Å²) in [6.45, 7) is 0.831. The van der Waals surface area contributed by atoms with Crippen molar-refractivity contribution in [3.8, 4) is 0 Å². The Bertz CT molecular complexity index is 533. The molecule has 0 radical (unpaired) electrons. The third kappa shape index (κ3) is 2.61. The van der Waals surface area contributed by atoms with Gasteiger partial charge in [-0.1, -0.05) is 17.7 Å². The van der Waals surface area contributed by atoms with Gasteiger partial charge in [-0.15, -0.1) is 0 Å². The maximum Gasteiger partial charge on any atom is 0.219 e. The maximum absolute atomic E-state index is 11.1. The molecule has 1 aromatic carbocycles. The van der Waals surface area contributed by atoms with E-state index in [9.17, 15) is 4.79 Å². The minimum atomic E-state index is 0.0829. The van der Waals surface area contributed by atoms with Gasteiger partial charge in [0.05, 0.1) is 0 Å². The average molecular weight is 251 g/mol. The van der Waals surface area contributed by atoms with Crippen molar-refractivity contribution >= 4 is 28.4 Å². The summed E-state index contributed by atoms with van der Waals surface area (Å²) in [5.41, 5.74) is 1.12. The molecular formula is C13H15ClN2O. The van der Waals surface area contributed by atoms with Crippen molar-refractivity contribution in [1.29, 1.82) is 0 Å². The standard InChI is InChI=1S/C13H15ClN2O/c1-15-13(17)6-3-8-16-9-7-10-11(14)4-2-5-12(10)16/h2,4-5,7,9H,3,6,8H2,1H3,(H,15,17). The van der Waals surface area contributed by atoms with E-state index in [0.717, 1.165) is 28.9 Å². The second-order valence-electron chi connectivity index (χ2n) is 3.96. The molecule has 0 unspecified atom stereocenters. The van der Waals surface area contributed by atoms with E-state index in [0.29, 0.717) is 6.42 Å². The number of hydrogen-bond acceptors (Lipinski definition) is 1. The first-order valence-electron chi connectivity index (χ1n) is 5.66. The fourth-order valence-electron chi connectivity index (χ4n) is 1.92. The van der Waals surface area contributed by atoms with E-state index < -0.39 is 0 Å². The number of benzene rings is 1. The van der Waals surface area contributed by atoms with Gasteiger partial charge in [-0.05, 0) is 24.6 Å². The van der Waals surface area contributed by atoms with Gasteiger partial charge in [-0.25, -0.2) is 0 Å². The number of nitrogens with one attached hydrogen (secondary N) is 1. The van der Waals surface area contributed by atoms with Crippen LogP contribution in [0, 0.1) is 0 Å². The lowest BCUT2D eigenvalue weighted by atomic mass is 10.2. The normalized spacial score (nSPS) is 10.7. The van der Waals surface area contributed by atoms with Crippen molar-refractivity contribution in [2.24, 2.45) is 0 Å². The molecule has 4 heteroatoms. The maximum atomic E-state index is 11.1. The Morgan fingerprint density at radius 1 is 1.41 bits per heavy atom. The molecule has 0 bridgehead atoms. The second kappa shape index (κ2) is 5.23. The third-order valence-electron chi connectivity index (χ3n) is 2.84. The predicted octanol–water partition coefficient (Wildman–Crippen LogP) is 2.82. The van der Waals surface area contributed by atoms with Crippen molar-refractivity contribution in [3.05, 3.63) is 35.5 Å². The molecule has 1 heterocycles. The predicted molar refractivity (Wildman–Crippen MR) is 70.2 cm³/mol. The Labute approximate surface area is 105 Å². The van der Waals surface area contributed by atoms with E-state index >= 15 is 0 Å². The Balaban J connectivity index is 2.09. The summed E-state index contributed by atoms with van der Waals surface area (Å²) in [6.07, 6.45) is 3.40. The Morgan fingerprint density at radius 3 is 3.00 bits per heavy atom. The zero-order valence-corrected chi connectivity index (χ0v) is 10.5. The highest BCUT2D eigenvalue weighted by atomic mass is 35.5. The largest absolute Gasteiger partial charge is 0.359 e. The first-order valence-corrected chi connectivity index (χ1v) is 6.04. The van der Waals surface area contributed by atoms with Crippen LogP contribution in [0.1, 0.15) is 12.8 Å². The first kappa shape index (κ1) is 12.0. The number of amides is 1. The number of carbonyl (C=O) groups is 1. The van der Waals surface area contributed by atoms with Crippen LogP contribution in [-0.2, 0) is 11.3 Å². The molecule has 0 aliphatic heterocycles. The molecule has 0 atom stereocenters. The fraction of sp³-hybridized carbons (Fsp3) is 0.308. The van der Waals surface area contributed by atoms with Crippen molar-refractivity contribution in [3.63, 3.8) is 0 Å². The number of halogens is 1. The number of rotatable bonds is 4. The highest BCUT2D eigenvalue weighted by Crippen LogP contribution is 2.24. The summed E-state index contributed by atoms with van der Waals surface area (Å²) < 4.78 is 2.13. The Hall–Kier alpha value is -1.48. The molecule has 1 amide bonds. The zero-order valence-electron chi connectivity index (χ0n) is 9.74. The van der Waals surface area contributed by atoms with Crippen LogP contribution in [0.4, 0.5) is 0 Å². The van der Waals surface area contributed by atoms with E-state index in [1.165, 1.54) is 0 Å². The molecular weight excluding hydrogens is 236 g/mol. The van der Waals surface area contributed by atoms with Gasteiger partial charge in [0, 0.05) is 42.1 Å². The van der Waals surface area contributed by atoms with Gasteiger partial charge in [0.1, 0.15) is 0 Å². The SMILES string of the molecule is CNC(=O)CCCn1ccc2c(Cl)cccc21. The summed E-state index contributed by atoms with van der Waals surface area (Å²) in [4.78, 5) is 11.1. The molecule has 1 N–H and O–H groups in total. The van der Waals surface area contributed by atoms with E-state index in [4.69, 9.17) is 11.6 Å². The topological polar surface area (TPSA) is 34.0 Å². The van der Waals surface area contributed by atoms with Crippen molar-refractivity contribution in [2.45, 2.75) is 19.4 Å². The van der Waals surface area contributed by atoms with Crippen LogP contribution in [0.3, 0.4) is 0 Å². The van der Waals surface area contributed by atoms with E-state index in [1.54, 1.807) is 7.05 Å². The zero-order chi connectivity index (χ0) is 12.3. The molecule has 1 aromatic heterocycles. The average Bonchev–Trinajstić information content (AvgIpc) is 2.74. The van der Waals surface area contributed by atoms with E-state index in [-0.39, 0.29) is 5.91 Å². The van der Waals surface area contributed by atoms with Gasteiger partial charge in [-0.3, -0.25) is 4.79 Å². The lowest BCUT2D eigenvalue weighted by Gasteiger charge is -2.05. The fourth-order valence-corrected chi connectivity index (χ4v) is 2.15. The molecule has 17 heavy (non-hydrogen) atoms. The minimum absolute atomic E-state index is 0.0829. The van der Waals surface area contributed by atoms with Crippen LogP contribution >= 0.6 is 11.6 Å². The number of aryl methyl sites for hydroxylation is 1. The molecule has 0 saturated heterocycles. The Morgan fingerprint density at radius 2 is 2.24 bits per heavy atom. The van der Waals surface area contributed by atoms with Crippen LogP contribution in [0.15, 0.2) is 30.5 Å². The number of aromatic nitrogens is 1. The van der Waals surface area contributed by atoms with Gasteiger partial charge in [0.2, 0.25) is 5.91 Å². The second-order valence-corrected chi connectivity index (χ2v) is 4.37. The number of nitrogens with zero attached hydrogens (tertiary/aromatic N) is 1. The summed E-state index contributed by atoms with van der Waals surface area (Å²) in [6, 6.07) is 7.89. The first-order chi connectivity index (χ1) is 8.22. The number of fused-ring (bicyclic) bond motifs is 1. The molecule has 0 spiro atoms. The van der Waals surface area contributed by atoms with Crippen LogP contribution in [-0.4, -0.2) is 17.5 Å². The molecule has 0 aliphatic rings. The van der Waals surface area contributed by atoms with Crippen LogP contribution < -0.4 is 5.32 Å². The Kier molecular flexibility index (Phi) is 3.69. The van der Waals surface area contributed by atoms with Gasteiger partial charge in [0.25, 0.3) is 0 Å². The van der Waals surface area contributed by atoms with E-state index in [1.807, 2.05) is 30.5 Å². The summed E-state index contributed by atoms with van der Waals surface area (Å²) in [5, 5.41) is 4.46. The van der Waals surface area contributed by atoms with Crippen molar-refractivity contribution in [1.82, 2.24) is 9.88 Å². The molecule has 0 aliphatic carbocycles.